The molecule has 0 unspecified atom stereocenters. The number of nitrogen functional groups attached to an aromatic ring is 1. The van der Waals surface area contributed by atoms with E-state index in [1.807, 2.05) is 0 Å². The van der Waals surface area contributed by atoms with Crippen LogP contribution in [0.25, 0.3) is 11.2 Å². The van der Waals surface area contributed by atoms with Crippen molar-refractivity contribution in [1.29, 1.82) is 0 Å². The fourth-order valence-corrected chi connectivity index (χ4v) is 5.17. The second-order valence-electron chi connectivity index (χ2n) is 7.49. The highest BCUT2D eigenvalue weighted by Crippen LogP contribution is 2.48. The molecule has 5 rings (SSSR count). The summed E-state index contributed by atoms with van der Waals surface area (Å²) in [6.45, 7) is 4.35. The number of hydrogen-bond donors (Lipinski definition) is 2. The fraction of sp³-hybridized carbons (Fsp3) is 0.227. The summed E-state index contributed by atoms with van der Waals surface area (Å²) in [5.74, 6) is 0.831. The summed E-state index contributed by atoms with van der Waals surface area (Å²) in [4.78, 5) is 28.6. The molecule has 0 amide bonds. The zero-order valence-corrected chi connectivity index (χ0v) is 17.9. The summed E-state index contributed by atoms with van der Waals surface area (Å²) >= 11 is 1.77. The summed E-state index contributed by atoms with van der Waals surface area (Å²) in [5, 5.41) is 0. The van der Waals surface area contributed by atoms with E-state index in [1.165, 1.54) is 21.0 Å². The van der Waals surface area contributed by atoms with Gasteiger partial charge in [0.2, 0.25) is 0 Å². The average Bonchev–Trinajstić information content (AvgIpc) is 3.03. The molecule has 1 aliphatic heterocycles. The Kier molecular flexibility index (Phi) is 4.32. The molecular weight excluding hydrogens is 396 g/mol. The molecule has 30 heavy (non-hydrogen) atoms. The standard InChI is InChI=1S/C22H22N6OS/c1-4-13-5-7-15-17(9-13)30-18-10-14(6-8-16(18)27(15)3)11-28-21-19(26-22(28)29)20(23)24-12(2)25-21/h5-10H,4,11H2,1-3H3,(H,26,29)(H2,23,24,25). The van der Waals surface area contributed by atoms with Crippen molar-refractivity contribution in [3.05, 3.63) is 63.8 Å². The topological polar surface area (TPSA) is 92.8 Å². The minimum Gasteiger partial charge on any atom is -0.382 e. The molecule has 152 valence electrons. The van der Waals surface area contributed by atoms with E-state index in [2.05, 4.69) is 70.2 Å². The third-order valence-corrected chi connectivity index (χ3v) is 6.60. The lowest BCUT2D eigenvalue weighted by Gasteiger charge is -2.30. The Hall–Kier alpha value is -3.26. The molecular formula is C22H22N6OS. The summed E-state index contributed by atoms with van der Waals surface area (Å²) in [6, 6.07) is 13.0. The van der Waals surface area contributed by atoms with Crippen molar-refractivity contribution < 1.29 is 0 Å². The molecule has 4 aromatic rings. The van der Waals surface area contributed by atoms with Crippen LogP contribution >= 0.6 is 11.8 Å². The number of aromatic amines is 1. The van der Waals surface area contributed by atoms with Gasteiger partial charge in [-0.3, -0.25) is 4.57 Å². The Morgan fingerprint density at radius 1 is 1.07 bits per heavy atom. The Morgan fingerprint density at radius 2 is 1.73 bits per heavy atom. The first-order valence-corrected chi connectivity index (χ1v) is 10.7. The number of hydrogen-bond acceptors (Lipinski definition) is 6. The van der Waals surface area contributed by atoms with E-state index in [0.29, 0.717) is 29.4 Å². The van der Waals surface area contributed by atoms with Crippen molar-refractivity contribution in [1.82, 2.24) is 19.5 Å². The molecule has 1 aliphatic rings. The Labute approximate surface area is 178 Å². The normalized spacial score (nSPS) is 12.8. The van der Waals surface area contributed by atoms with E-state index >= 15 is 0 Å². The molecule has 0 saturated carbocycles. The minimum absolute atomic E-state index is 0.239. The van der Waals surface area contributed by atoms with Crippen molar-refractivity contribution in [3.63, 3.8) is 0 Å². The number of rotatable bonds is 3. The highest BCUT2D eigenvalue weighted by atomic mass is 32.2. The van der Waals surface area contributed by atoms with Gasteiger partial charge in [-0.15, -0.1) is 0 Å². The van der Waals surface area contributed by atoms with Crippen LogP contribution in [0.2, 0.25) is 0 Å². The SMILES string of the molecule is CCc1ccc2c(c1)Sc1cc(Cn3c(=O)[nH]c4c(N)nc(C)nc43)ccc1N2C. The van der Waals surface area contributed by atoms with Crippen LogP contribution in [0, 0.1) is 6.92 Å². The van der Waals surface area contributed by atoms with Crippen molar-refractivity contribution >= 4 is 40.1 Å². The van der Waals surface area contributed by atoms with Gasteiger partial charge in [0.05, 0.1) is 17.9 Å². The molecule has 3 N–H and O–H groups in total. The third kappa shape index (κ3) is 2.95. The molecule has 2 aromatic heterocycles. The molecule has 0 fully saturated rings. The van der Waals surface area contributed by atoms with E-state index < -0.39 is 0 Å². The van der Waals surface area contributed by atoms with Gasteiger partial charge in [0.15, 0.2) is 11.5 Å². The zero-order valence-electron chi connectivity index (χ0n) is 17.1. The highest BCUT2D eigenvalue weighted by Gasteiger charge is 2.22. The molecule has 2 aromatic carbocycles. The van der Waals surface area contributed by atoms with Crippen molar-refractivity contribution in [3.8, 4) is 0 Å². The van der Waals surface area contributed by atoms with Gasteiger partial charge in [-0.1, -0.05) is 30.8 Å². The maximum absolute atomic E-state index is 12.6. The van der Waals surface area contributed by atoms with Gasteiger partial charge in [-0.25, -0.2) is 14.8 Å². The van der Waals surface area contributed by atoms with Crippen LogP contribution in [0.5, 0.6) is 0 Å². The van der Waals surface area contributed by atoms with Gasteiger partial charge in [0.1, 0.15) is 11.3 Å². The van der Waals surface area contributed by atoms with Gasteiger partial charge in [0, 0.05) is 16.8 Å². The Bertz CT molecular complexity index is 1360. The van der Waals surface area contributed by atoms with Crippen molar-refractivity contribution in [2.24, 2.45) is 0 Å². The van der Waals surface area contributed by atoms with Crippen LogP contribution in [-0.2, 0) is 13.0 Å². The van der Waals surface area contributed by atoms with Gasteiger partial charge >= 0.3 is 5.69 Å². The van der Waals surface area contributed by atoms with Crippen LogP contribution in [0.1, 0.15) is 23.9 Å². The number of nitrogens with zero attached hydrogens (tertiary/aromatic N) is 4. The largest absolute Gasteiger partial charge is 0.382 e. The lowest BCUT2D eigenvalue weighted by atomic mass is 10.1. The number of anilines is 3. The monoisotopic (exact) mass is 418 g/mol. The van der Waals surface area contributed by atoms with Crippen LogP contribution in [0.4, 0.5) is 17.2 Å². The quantitative estimate of drug-likeness (QED) is 0.525. The van der Waals surface area contributed by atoms with Gasteiger partial charge in [-0.05, 0) is 48.7 Å². The number of benzene rings is 2. The molecule has 0 bridgehead atoms. The maximum atomic E-state index is 12.6. The number of fused-ring (bicyclic) bond motifs is 3. The van der Waals surface area contributed by atoms with E-state index in [1.54, 1.807) is 23.3 Å². The summed E-state index contributed by atoms with van der Waals surface area (Å²) in [5.41, 5.74) is 11.5. The summed E-state index contributed by atoms with van der Waals surface area (Å²) < 4.78 is 1.61. The van der Waals surface area contributed by atoms with Gasteiger partial charge in [0.25, 0.3) is 0 Å². The zero-order chi connectivity index (χ0) is 21.0. The van der Waals surface area contributed by atoms with E-state index in [9.17, 15) is 4.79 Å². The van der Waals surface area contributed by atoms with E-state index in [0.717, 1.165) is 17.7 Å². The first kappa shape index (κ1) is 18.7. The predicted octanol–water partition coefficient (Wildman–Crippen LogP) is 3.85. The minimum atomic E-state index is -0.239. The average molecular weight is 419 g/mol. The molecule has 0 radical (unpaired) electrons. The molecule has 7 nitrogen and oxygen atoms in total. The van der Waals surface area contributed by atoms with Crippen LogP contribution < -0.4 is 16.3 Å². The number of nitrogens with one attached hydrogen (secondary N) is 1. The maximum Gasteiger partial charge on any atom is 0.328 e. The number of aryl methyl sites for hydroxylation is 2. The lowest BCUT2D eigenvalue weighted by molar-refractivity contribution is 0.773. The second-order valence-corrected chi connectivity index (χ2v) is 8.57. The lowest BCUT2D eigenvalue weighted by Crippen LogP contribution is -2.18. The molecule has 3 heterocycles. The number of nitrogens with two attached hydrogens (primary N) is 1. The van der Waals surface area contributed by atoms with Gasteiger partial charge < -0.3 is 15.6 Å². The Balaban J connectivity index is 1.54. The third-order valence-electron chi connectivity index (χ3n) is 5.50. The highest BCUT2D eigenvalue weighted by molar-refractivity contribution is 7.99. The van der Waals surface area contributed by atoms with Crippen molar-refractivity contribution in [2.75, 3.05) is 17.7 Å². The molecule has 0 saturated heterocycles. The second kappa shape index (κ2) is 6.91. The Morgan fingerprint density at radius 3 is 2.43 bits per heavy atom. The number of H-pyrrole nitrogens is 1. The molecule has 0 spiro atoms. The van der Waals surface area contributed by atoms with E-state index in [4.69, 9.17) is 5.73 Å². The predicted molar refractivity (Wildman–Crippen MR) is 121 cm³/mol. The first-order chi connectivity index (χ1) is 14.4. The fourth-order valence-electron chi connectivity index (χ4n) is 3.90. The van der Waals surface area contributed by atoms with Crippen molar-refractivity contribution in [2.45, 2.75) is 36.6 Å². The van der Waals surface area contributed by atoms with E-state index in [-0.39, 0.29) is 5.69 Å². The smallest absolute Gasteiger partial charge is 0.328 e. The van der Waals surface area contributed by atoms with Crippen LogP contribution in [0.3, 0.4) is 0 Å². The molecule has 8 heteroatoms. The molecule has 0 aliphatic carbocycles. The summed E-state index contributed by atoms with van der Waals surface area (Å²) in [7, 11) is 2.09. The first-order valence-electron chi connectivity index (χ1n) is 9.84. The van der Waals surface area contributed by atoms with Gasteiger partial charge in [-0.2, -0.15) is 0 Å². The summed E-state index contributed by atoms with van der Waals surface area (Å²) in [6.07, 6.45) is 1.01. The number of imidazole rings is 1. The number of aromatic nitrogens is 4. The van der Waals surface area contributed by atoms with Crippen LogP contribution in [0.15, 0.2) is 51.0 Å². The van der Waals surface area contributed by atoms with Crippen LogP contribution in [-0.4, -0.2) is 26.6 Å². The molecule has 0 atom stereocenters.